The van der Waals surface area contributed by atoms with E-state index in [0.29, 0.717) is 30.6 Å². The molecule has 0 fully saturated rings. The quantitative estimate of drug-likeness (QED) is 0.161. The minimum atomic E-state index is -4.48. The van der Waals surface area contributed by atoms with Crippen LogP contribution in [0.4, 0.5) is 26.3 Å². The average Bonchev–Trinajstić information content (AvgIpc) is 3.36. The molecule has 0 unspecified atom stereocenters. The van der Waals surface area contributed by atoms with Crippen LogP contribution in [-0.4, -0.2) is 0 Å². The van der Waals surface area contributed by atoms with Gasteiger partial charge in [0.2, 0.25) is 0 Å². The normalized spacial score (nSPS) is 19.2. The molecule has 364 valence electrons. The number of ether oxygens (including phenoxy) is 2. The van der Waals surface area contributed by atoms with Crippen LogP contribution in [0.2, 0.25) is 0 Å². The summed E-state index contributed by atoms with van der Waals surface area (Å²) in [4.78, 5) is 0. The van der Waals surface area contributed by atoms with E-state index in [2.05, 4.69) is 132 Å². The highest BCUT2D eigenvalue weighted by Gasteiger charge is 2.51. The summed E-state index contributed by atoms with van der Waals surface area (Å²) in [6.07, 6.45) is -6.12. The van der Waals surface area contributed by atoms with E-state index in [9.17, 15) is 26.3 Å². The zero-order valence-electron chi connectivity index (χ0n) is 42.3. The lowest BCUT2D eigenvalue weighted by molar-refractivity contribution is -0.138. The van der Waals surface area contributed by atoms with Crippen LogP contribution >= 0.6 is 0 Å². The highest BCUT2D eigenvalue weighted by Crippen LogP contribution is 2.63. The Morgan fingerprint density at radius 2 is 0.843 bits per heavy atom. The van der Waals surface area contributed by atoms with Gasteiger partial charge in [0.05, 0.1) is 11.1 Å². The van der Waals surface area contributed by atoms with Crippen molar-refractivity contribution in [3.8, 4) is 11.5 Å². The van der Waals surface area contributed by atoms with E-state index >= 15 is 0 Å². The van der Waals surface area contributed by atoms with Crippen LogP contribution in [0.3, 0.4) is 0 Å². The zero-order valence-corrected chi connectivity index (χ0v) is 42.3. The van der Waals surface area contributed by atoms with Gasteiger partial charge in [-0.3, -0.25) is 0 Å². The van der Waals surface area contributed by atoms with Gasteiger partial charge in [0, 0.05) is 47.8 Å². The Morgan fingerprint density at radius 1 is 0.443 bits per heavy atom. The third-order valence-corrected chi connectivity index (χ3v) is 15.1. The summed E-state index contributed by atoms with van der Waals surface area (Å²) in [5.41, 5.74) is 13.7. The molecular formula is C62H62F6O2. The van der Waals surface area contributed by atoms with Gasteiger partial charge in [-0.2, -0.15) is 26.3 Å². The van der Waals surface area contributed by atoms with Crippen LogP contribution in [0.25, 0.3) is 11.8 Å². The van der Waals surface area contributed by atoms with Crippen LogP contribution < -0.4 is 9.47 Å². The molecule has 5 bridgehead atoms. The number of fused-ring (bicyclic) bond motifs is 4. The van der Waals surface area contributed by atoms with Crippen LogP contribution in [0.1, 0.15) is 201 Å². The molecule has 0 amide bonds. The summed E-state index contributed by atoms with van der Waals surface area (Å²) >= 11 is 0. The number of hydrogen-bond acceptors (Lipinski definition) is 2. The number of benzene rings is 6. The Bertz CT molecular complexity index is 3120. The van der Waals surface area contributed by atoms with Gasteiger partial charge in [0.1, 0.15) is 23.4 Å². The molecule has 4 aliphatic rings. The molecule has 0 spiro atoms. The summed E-state index contributed by atoms with van der Waals surface area (Å²) in [7, 11) is 0. The first kappa shape index (κ1) is 47.9. The summed E-state index contributed by atoms with van der Waals surface area (Å²) in [5.74, 6) is 1.51. The number of alkyl halides is 6. The molecule has 3 heterocycles. The summed E-state index contributed by atoms with van der Waals surface area (Å²) in [5, 5.41) is 0. The molecule has 0 radical (unpaired) electrons. The fourth-order valence-electron chi connectivity index (χ4n) is 11.2. The van der Waals surface area contributed by atoms with E-state index in [4.69, 9.17) is 9.47 Å². The minimum Gasteiger partial charge on any atom is -0.484 e. The fraction of sp³-hybridized carbons (Fsp3) is 0.387. The van der Waals surface area contributed by atoms with Crippen molar-refractivity contribution in [2.24, 2.45) is 0 Å². The van der Waals surface area contributed by atoms with Crippen molar-refractivity contribution in [1.29, 1.82) is 0 Å². The first-order valence-electron chi connectivity index (χ1n) is 24.5. The van der Waals surface area contributed by atoms with E-state index in [1.807, 2.05) is 6.08 Å². The third-order valence-electron chi connectivity index (χ3n) is 15.1. The molecule has 3 atom stereocenters. The van der Waals surface area contributed by atoms with Crippen LogP contribution in [0, 0.1) is 0 Å². The monoisotopic (exact) mass is 952 g/mol. The van der Waals surface area contributed by atoms with Crippen molar-refractivity contribution < 1.29 is 35.8 Å². The van der Waals surface area contributed by atoms with Gasteiger partial charge in [-0.15, -0.1) is 0 Å². The standard InChI is InChI=1S/C62H62F6O2/c1-57(2,3)43-25-35-22-38-28-44(58(4,5)6)29-39-24-37-27-45(59(7,8)9)31-47-51(37)56-52(34-15-19-42(20-16-34)62(66,67)68)53(47)48-32-46(60(10,11)12)30-40(55(48)70-56)23-36(26-43)50(35)49(69-54(38)39)21-33-13-17-41(18-14-33)61(63,64)65/h13-21,25-32,52-53,56H,22-24H2,1-12H3/b49-21-/t52-,53-,56-/m0/s1. The van der Waals surface area contributed by atoms with Gasteiger partial charge in [-0.05, 0) is 124 Å². The van der Waals surface area contributed by atoms with Gasteiger partial charge in [0.15, 0.2) is 0 Å². The maximum Gasteiger partial charge on any atom is 0.416 e. The molecule has 6 aromatic carbocycles. The maximum atomic E-state index is 14.1. The second-order valence-electron chi connectivity index (χ2n) is 24.4. The molecule has 2 nitrogen and oxygen atoms in total. The fourth-order valence-corrected chi connectivity index (χ4v) is 11.2. The molecule has 0 saturated heterocycles. The largest absolute Gasteiger partial charge is 0.484 e. The number of halogens is 6. The van der Waals surface area contributed by atoms with E-state index in [1.165, 1.54) is 24.3 Å². The van der Waals surface area contributed by atoms with Gasteiger partial charge in [-0.25, -0.2) is 0 Å². The van der Waals surface area contributed by atoms with Crippen molar-refractivity contribution in [2.45, 2.75) is 154 Å². The minimum absolute atomic E-state index is 0.237. The van der Waals surface area contributed by atoms with E-state index in [-0.39, 0.29) is 33.5 Å². The number of hydrogen-bond donors (Lipinski definition) is 0. The SMILES string of the molecule is CC(C)(C)c1cc2c3c(c1)Cc1cc(C(C)(C)C)cc4c1[C@@H]1Oc5c(cc(C(C)(C)C)cc5[C@H]4[C@@H]1c1ccc(C(F)(F)F)cc1)Cc1cc(C(C)(C)C)cc(c1/C(=C/c1ccc(C(F)(F)F)cc1)O3)C2. The van der Waals surface area contributed by atoms with Gasteiger partial charge in [-0.1, -0.05) is 156 Å². The third kappa shape index (κ3) is 8.45. The van der Waals surface area contributed by atoms with Gasteiger partial charge in [0.25, 0.3) is 0 Å². The lowest BCUT2D eigenvalue weighted by atomic mass is 9.74. The van der Waals surface area contributed by atoms with Crippen molar-refractivity contribution in [2.75, 3.05) is 0 Å². The van der Waals surface area contributed by atoms with Crippen LogP contribution in [-0.2, 0) is 53.3 Å². The Kier molecular flexibility index (Phi) is 10.9. The predicted molar refractivity (Wildman–Crippen MR) is 268 cm³/mol. The molecule has 6 aromatic rings. The van der Waals surface area contributed by atoms with Crippen molar-refractivity contribution in [3.63, 3.8) is 0 Å². The van der Waals surface area contributed by atoms with Crippen LogP contribution in [0.15, 0.2) is 97.1 Å². The second-order valence-corrected chi connectivity index (χ2v) is 24.4. The summed E-state index contributed by atoms with van der Waals surface area (Å²) in [6, 6.07) is 29.2. The Labute approximate surface area is 409 Å². The molecule has 3 aliphatic heterocycles. The van der Waals surface area contributed by atoms with Crippen LogP contribution in [0.5, 0.6) is 11.5 Å². The Hall–Kier alpha value is -5.76. The average molecular weight is 953 g/mol. The highest BCUT2D eigenvalue weighted by atomic mass is 19.4. The predicted octanol–water partition coefficient (Wildman–Crippen LogP) is 17.3. The highest BCUT2D eigenvalue weighted by molar-refractivity contribution is 5.84. The smallest absolute Gasteiger partial charge is 0.416 e. The van der Waals surface area contributed by atoms with E-state index in [0.717, 1.165) is 107 Å². The lowest BCUT2D eigenvalue weighted by Crippen LogP contribution is -2.25. The lowest BCUT2D eigenvalue weighted by Gasteiger charge is -2.36. The van der Waals surface area contributed by atoms with Gasteiger partial charge >= 0.3 is 12.4 Å². The maximum absolute atomic E-state index is 14.1. The van der Waals surface area contributed by atoms with Crippen molar-refractivity contribution >= 4 is 11.8 Å². The van der Waals surface area contributed by atoms with Gasteiger partial charge < -0.3 is 9.47 Å². The second kappa shape index (κ2) is 15.9. The molecule has 70 heavy (non-hydrogen) atoms. The number of rotatable bonds is 2. The zero-order chi connectivity index (χ0) is 50.4. The first-order valence-corrected chi connectivity index (χ1v) is 24.5. The summed E-state index contributed by atoms with van der Waals surface area (Å²) in [6.45, 7) is 26.5. The van der Waals surface area contributed by atoms with E-state index in [1.54, 1.807) is 12.1 Å². The first-order chi connectivity index (χ1) is 32.4. The molecule has 0 N–H and O–H groups in total. The molecule has 8 heteroatoms. The van der Waals surface area contributed by atoms with Crippen molar-refractivity contribution in [1.82, 2.24) is 0 Å². The Balaban J connectivity index is 1.34. The Morgan fingerprint density at radius 3 is 1.31 bits per heavy atom. The molecule has 0 aromatic heterocycles. The summed E-state index contributed by atoms with van der Waals surface area (Å²) < 4.78 is 99.2. The molecule has 1 aliphatic carbocycles. The molecule has 0 saturated carbocycles. The van der Waals surface area contributed by atoms with E-state index < -0.39 is 29.6 Å². The molecular weight excluding hydrogens is 891 g/mol. The molecule has 10 rings (SSSR count). The topological polar surface area (TPSA) is 18.5 Å². The van der Waals surface area contributed by atoms with Crippen molar-refractivity contribution in [3.05, 3.63) is 197 Å².